The Balaban J connectivity index is 2.10. The van der Waals surface area contributed by atoms with Gasteiger partial charge in [0.25, 0.3) is 0 Å². The molecule has 0 saturated heterocycles. The molecule has 0 fully saturated rings. The van der Waals surface area contributed by atoms with Gasteiger partial charge in [-0.2, -0.15) is 5.10 Å². The van der Waals surface area contributed by atoms with E-state index in [1.165, 1.54) is 0 Å². The third kappa shape index (κ3) is 2.06. The van der Waals surface area contributed by atoms with Crippen molar-refractivity contribution in [2.45, 2.75) is 13.5 Å². The van der Waals surface area contributed by atoms with Gasteiger partial charge in [-0.25, -0.2) is 4.79 Å². The maximum Gasteiger partial charge on any atom is 0.339 e. The number of carboxylic acids is 1. The summed E-state index contributed by atoms with van der Waals surface area (Å²) in [6.07, 6.45) is 1.65. The van der Waals surface area contributed by atoms with Gasteiger partial charge in [0, 0.05) is 11.6 Å². The minimum Gasteiger partial charge on any atom is -0.478 e. The molecule has 0 unspecified atom stereocenters. The zero-order valence-corrected chi connectivity index (χ0v) is 11.4. The van der Waals surface area contributed by atoms with Crippen LogP contribution < -0.4 is 0 Å². The van der Waals surface area contributed by atoms with Crippen molar-refractivity contribution in [3.8, 4) is 0 Å². The van der Waals surface area contributed by atoms with Crippen molar-refractivity contribution in [2.24, 2.45) is 0 Å². The predicted octanol–water partition coefficient (Wildman–Crippen LogP) is 3.34. The van der Waals surface area contributed by atoms with Crippen LogP contribution in [0.4, 0.5) is 0 Å². The van der Waals surface area contributed by atoms with Crippen LogP contribution in [0, 0.1) is 6.92 Å². The Kier molecular flexibility index (Phi) is 2.99. The molecule has 1 N–H and O–H groups in total. The number of carbonyl (C=O) groups is 1. The molecular formula is C14H11ClN2O3. The van der Waals surface area contributed by atoms with Crippen LogP contribution in [-0.2, 0) is 6.54 Å². The number of aromatic nitrogens is 2. The Bertz CT molecular complexity index is 784. The molecule has 0 amide bonds. The summed E-state index contributed by atoms with van der Waals surface area (Å²) >= 11 is 5.95. The van der Waals surface area contributed by atoms with E-state index in [0.29, 0.717) is 27.4 Å². The van der Waals surface area contributed by atoms with Gasteiger partial charge in [0.05, 0.1) is 17.3 Å². The molecule has 0 saturated carbocycles. The smallest absolute Gasteiger partial charge is 0.339 e. The maximum atomic E-state index is 11.4. The first-order valence-corrected chi connectivity index (χ1v) is 6.37. The van der Waals surface area contributed by atoms with Crippen molar-refractivity contribution in [1.82, 2.24) is 9.78 Å². The normalized spacial score (nSPS) is 11.1. The number of hydrogen-bond donors (Lipinski definition) is 1. The molecule has 5 nitrogen and oxygen atoms in total. The van der Waals surface area contributed by atoms with Crippen molar-refractivity contribution < 1.29 is 14.3 Å². The molecule has 0 aliphatic heterocycles. The summed E-state index contributed by atoms with van der Waals surface area (Å²) in [6.45, 7) is 2.01. The number of para-hydroxylation sites is 1. The van der Waals surface area contributed by atoms with Crippen molar-refractivity contribution in [2.75, 3.05) is 0 Å². The van der Waals surface area contributed by atoms with Gasteiger partial charge in [-0.3, -0.25) is 4.68 Å². The monoisotopic (exact) mass is 290 g/mol. The highest BCUT2D eigenvalue weighted by Gasteiger charge is 2.20. The van der Waals surface area contributed by atoms with E-state index in [0.717, 1.165) is 0 Å². The lowest BCUT2D eigenvalue weighted by atomic mass is 10.1. The molecule has 2 aromatic heterocycles. The summed E-state index contributed by atoms with van der Waals surface area (Å²) in [5, 5.41) is 14.7. The predicted molar refractivity (Wildman–Crippen MR) is 74.2 cm³/mol. The molecule has 6 heteroatoms. The van der Waals surface area contributed by atoms with Crippen LogP contribution in [0.15, 0.2) is 34.9 Å². The van der Waals surface area contributed by atoms with Gasteiger partial charge in [0.1, 0.15) is 16.9 Å². The second-order valence-electron chi connectivity index (χ2n) is 4.46. The minimum absolute atomic E-state index is 0.171. The van der Waals surface area contributed by atoms with E-state index in [1.807, 2.05) is 0 Å². The zero-order valence-electron chi connectivity index (χ0n) is 10.6. The summed E-state index contributed by atoms with van der Waals surface area (Å²) in [4.78, 5) is 11.4. The van der Waals surface area contributed by atoms with E-state index in [1.54, 1.807) is 42.1 Å². The Hall–Kier alpha value is -2.27. The molecule has 0 spiro atoms. The standard InChI is InChI=1S/C14H11ClN2O3/c1-8-10(15)6-17(16-8)7-12-13(14(18)19)9-4-2-3-5-11(9)20-12/h2-6H,7H2,1H3,(H,18,19). The number of aryl methyl sites for hydroxylation is 1. The first kappa shape index (κ1) is 12.7. The number of furan rings is 1. The summed E-state index contributed by atoms with van der Waals surface area (Å²) in [6, 6.07) is 7.05. The number of nitrogens with zero attached hydrogens (tertiary/aromatic N) is 2. The van der Waals surface area contributed by atoms with Crippen LogP contribution in [0.1, 0.15) is 21.8 Å². The van der Waals surface area contributed by atoms with E-state index < -0.39 is 5.97 Å². The molecule has 2 heterocycles. The number of benzene rings is 1. The molecular weight excluding hydrogens is 280 g/mol. The van der Waals surface area contributed by atoms with Gasteiger partial charge in [-0.15, -0.1) is 0 Å². The summed E-state index contributed by atoms with van der Waals surface area (Å²) < 4.78 is 7.20. The first-order chi connectivity index (χ1) is 9.56. The van der Waals surface area contributed by atoms with E-state index in [4.69, 9.17) is 16.0 Å². The summed E-state index contributed by atoms with van der Waals surface area (Å²) in [7, 11) is 0. The van der Waals surface area contributed by atoms with Gasteiger partial charge in [0.15, 0.2) is 0 Å². The second kappa shape index (κ2) is 4.68. The quantitative estimate of drug-likeness (QED) is 0.803. The highest BCUT2D eigenvalue weighted by molar-refractivity contribution is 6.31. The van der Waals surface area contributed by atoms with Crippen LogP contribution in [0.25, 0.3) is 11.0 Å². The van der Waals surface area contributed by atoms with Crippen LogP contribution >= 0.6 is 11.6 Å². The molecule has 0 aliphatic rings. The fourth-order valence-electron chi connectivity index (χ4n) is 2.16. The highest BCUT2D eigenvalue weighted by Crippen LogP contribution is 2.27. The largest absolute Gasteiger partial charge is 0.478 e. The number of carboxylic acid groups (broad SMARTS) is 1. The molecule has 0 radical (unpaired) electrons. The van der Waals surface area contributed by atoms with Crippen molar-refractivity contribution in [3.63, 3.8) is 0 Å². The van der Waals surface area contributed by atoms with Crippen LogP contribution in [-0.4, -0.2) is 20.9 Å². The molecule has 3 aromatic rings. The Morgan fingerprint density at radius 1 is 1.45 bits per heavy atom. The molecule has 102 valence electrons. The number of hydrogen-bond acceptors (Lipinski definition) is 3. The molecule has 20 heavy (non-hydrogen) atoms. The van der Waals surface area contributed by atoms with Crippen LogP contribution in [0.2, 0.25) is 5.02 Å². The molecule has 0 bridgehead atoms. The Morgan fingerprint density at radius 2 is 2.20 bits per heavy atom. The second-order valence-corrected chi connectivity index (χ2v) is 4.87. The van der Waals surface area contributed by atoms with Gasteiger partial charge in [-0.05, 0) is 13.0 Å². The minimum atomic E-state index is -1.01. The third-order valence-corrected chi connectivity index (χ3v) is 3.45. The highest BCUT2D eigenvalue weighted by atomic mass is 35.5. The van der Waals surface area contributed by atoms with E-state index >= 15 is 0 Å². The Morgan fingerprint density at radius 3 is 2.85 bits per heavy atom. The number of halogens is 1. The summed E-state index contributed by atoms with van der Waals surface area (Å²) in [5.74, 6) is -0.655. The van der Waals surface area contributed by atoms with Crippen molar-refractivity contribution in [1.29, 1.82) is 0 Å². The lowest BCUT2D eigenvalue weighted by molar-refractivity contribution is 0.0696. The number of aromatic carboxylic acids is 1. The summed E-state index contributed by atoms with van der Waals surface area (Å²) in [5.41, 5.74) is 1.42. The van der Waals surface area contributed by atoms with Crippen molar-refractivity contribution in [3.05, 3.63) is 52.5 Å². The Labute approximate surface area is 119 Å². The zero-order chi connectivity index (χ0) is 14.3. The third-order valence-electron chi connectivity index (χ3n) is 3.07. The van der Waals surface area contributed by atoms with Gasteiger partial charge < -0.3 is 9.52 Å². The molecule has 0 atom stereocenters. The van der Waals surface area contributed by atoms with E-state index in [2.05, 4.69) is 5.10 Å². The van der Waals surface area contributed by atoms with E-state index in [9.17, 15) is 9.90 Å². The van der Waals surface area contributed by atoms with E-state index in [-0.39, 0.29) is 12.1 Å². The van der Waals surface area contributed by atoms with Crippen LogP contribution in [0.3, 0.4) is 0 Å². The lowest BCUT2D eigenvalue weighted by Gasteiger charge is -1.99. The fourth-order valence-corrected chi connectivity index (χ4v) is 2.31. The SMILES string of the molecule is Cc1nn(Cc2oc3ccccc3c2C(=O)O)cc1Cl. The lowest BCUT2D eigenvalue weighted by Crippen LogP contribution is -2.05. The maximum absolute atomic E-state index is 11.4. The molecule has 0 aliphatic carbocycles. The average molecular weight is 291 g/mol. The van der Waals surface area contributed by atoms with Crippen LogP contribution in [0.5, 0.6) is 0 Å². The van der Waals surface area contributed by atoms with Gasteiger partial charge in [0.2, 0.25) is 0 Å². The molecule has 3 rings (SSSR count). The molecule has 1 aromatic carbocycles. The average Bonchev–Trinajstić information content (AvgIpc) is 2.90. The number of fused-ring (bicyclic) bond motifs is 1. The van der Waals surface area contributed by atoms with Crippen molar-refractivity contribution >= 4 is 28.5 Å². The number of rotatable bonds is 3. The fraction of sp³-hybridized carbons (Fsp3) is 0.143. The van der Waals surface area contributed by atoms with Gasteiger partial charge in [-0.1, -0.05) is 29.8 Å². The van der Waals surface area contributed by atoms with Gasteiger partial charge >= 0.3 is 5.97 Å². The first-order valence-electron chi connectivity index (χ1n) is 5.99. The topological polar surface area (TPSA) is 68.3 Å².